The van der Waals surface area contributed by atoms with Crippen molar-refractivity contribution in [3.05, 3.63) is 67.8 Å². The van der Waals surface area contributed by atoms with Crippen molar-refractivity contribution in [1.29, 1.82) is 0 Å². The topological polar surface area (TPSA) is 245 Å². The quantitative estimate of drug-likeness (QED) is 0.165. The molecule has 5 aromatic heterocycles. The Morgan fingerprint density at radius 2 is 1.80 bits per heavy atom. The number of nitrogen functional groups attached to an aromatic ring is 1. The number of anilines is 2. The number of nitrogens with one attached hydrogen (secondary N) is 2. The zero-order valence-corrected chi connectivity index (χ0v) is 27.3. The Morgan fingerprint density at radius 3 is 2.53 bits per heavy atom. The van der Waals surface area contributed by atoms with Crippen molar-refractivity contribution in [3.8, 4) is 10.6 Å². The number of amides is 2. The molecule has 1 fully saturated rings. The van der Waals surface area contributed by atoms with Crippen LogP contribution in [0.2, 0.25) is 0 Å². The van der Waals surface area contributed by atoms with Crippen LogP contribution in [0.25, 0.3) is 32.9 Å². The number of carbonyl (C=O) groups is 2. The van der Waals surface area contributed by atoms with Crippen molar-refractivity contribution in [2.24, 2.45) is 21.1 Å². The number of fused-ring (bicyclic) bond motifs is 2. The molecule has 1 aromatic carbocycles. The lowest BCUT2D eigenvalue weighted by molar-refractivity contribution is -0.134. The highest BCUT2D eigenvalue weighted by molar-refractivity contribution is 7.14. The fourth-order valence-corrected chi connectivity index (χ4v) is 6.49. The van der Waals surface area contributed by atoms with E-state index in [1.165, 1.54) is 40.9 Å². The van der Waals surface area contributed by atoms with E-state index in [2.05, 4.69) is 40.8 Å². The first-order valence-electron chi connectivity index (χ1n) is 14.9. The summed E-state index contributed by atoms with van der Waals surface area (Å²) in [5.74, 6) is -0.416. The zero-order chi connectivity index (χ0) is 34.7. The maximum atomic E-state index is 13.2. The summed E-state index contributed by atoms with van der Waals surface area (Å²) in [4.78, 5) is 67.6. The van der Waals surface area contributed by atoms with Gasteiger partial charge >= 0.3 is 5.69 Å². The molecule has 0 spiro atoms. The Labute approximate surface area is 279 Å². The van der Waals surface area contributed by atoms with Gasteiger partial charge in [-0.05, 0) is 12.1 Å². The molecule has 0 radical (unpaired) electrons. The number of likely N-dealkylation sites (N-methyl/N-ethyl adjacent to an activating group) is 1. The first-order chi connectivity index (χ1) is 23.4. The number of ether oxygens (including phenoxy) is 1. The first-order valence-corrected chi connectivity index (χ1v) is 15.7. The predicted molar refractivity (Wildman–Crippen MR) is 176 cm³/mol. The Morgan fingerprint density at radius 1 is 1.04 bits per heavy atom. The van der Waals surface area contributed by atoms with Crippen LogP contribution in [0, 0.1) is 0 Å². The molecule has 0 saturated carbocycles. The summed E-state index contributed by atoms with van der Waals surface area (Å²) in [6.45, 7) is 0. The molecule has 6 aromatic rings. The third-order valence-electron chi connectivity index (χ3n) is 8.31. The Kier molecular flexibility index (Phi) is 7.76. The number of rotatable bonds is 7. The maximum Gasteiger partial charge on any atom is 0.332 e. The van der Waals surface area contributed by atoms with Crippen LogP contribution in [0.15, 0.2) is 40.2 Å². The summed E-state index contributed by atoms with van der Waals surface area (Å²) in [5.41, 5.74) is 7.30. The van der Waals surface area contributed by atoms with E-state index in [9.17, 15) is 24.3 Å². The second-order valence-electron chi connectivity index (χ2n) is 11.4. The van der Waals surface area contributed by atoms with Gasteiger partial charge in [-0.3, -0.25) is 33.4 Å². The monoisotopic (exact) mass is 687 g/mol. The van der Waals surface area contributed by atoms with Crippen molar-refractivity contribution in [1.82, 2.24) is 53.7 Å². The minimum absolute atomic E-state index is 0.00182. The van der Waals surface area contributed by atoms with Gasteiger partial charge in [0.05, 0.1) is 12.7 Å². The van der Waals surface area contributed by atoms with Crippen molar-refractivity contribution in [2.45, 2.75) is 31.3 Å². The lowest BCUT2D eigenvalue weighted by Gasteiger charge is -2.16. The van der Waals surface area contributed by atoms with Gasteiger partial charge in [-0.25, -0.2) is 14.8 Å². The number of hydrogen-bond donors (Lipinski definition) is 4. The van der Waals surface area contributed by atoms with Gasteiger partial charge in [-0.1, -0.05) is 23.5 Å². The normalized spacial score (nSPS) is 17.6. The molecule has 19 nitrogen and oxygen atoms in total. The van der Waals surface area contributed by atoms with Crippen LogP contribution in [-0.2, 0) is 37.1 Å². The minimum atomic E-state index is -1.02. The van der Waals surface area contributed by atoms with Crippen LogP contribution in [0.5, 0.6) is 0 Å². The van der Waals surface area contributed by atoms with Crippen LogP contribution in [-0.4, -0.2) is 84.6 Å². The number of aromatic nitrogens is 10. The lowest BCUT2D eigenvalue weighted by atomic mass is 10.1. The average molecular weight is 688 g/mol. The molecular weight excluding hydrogens is 658 g/mol. The molecule has 7 rings (SSSR count). The largest absolute Gasteiger partial charge is 0.388 e. The highest BCUT2D eigenvalue weighted by atomic mass is 32.1. The van der Waals surface area contributed by atoms with E-state index in [4.69, 9.17) is 10.5 Å². The second-order valence-corrected chi connectivity index (χ2v) is 12.4. The van der Waals surface area contributed by atoms with Gasteiger partial charge in [-0.15, -0.1) is 10.2 Å². The number of benzene rings is 1. The highest BCUT2D eigenvalue weighted by Crippen LogP contribution is 2.32. The number of aliphatic hydroxyl groups excluding tert-OH is 1. The minimum Gasteiger partial charge on any atom is -0.388 e. The van der Waals surface area contributed by atoms with Gasteiger partial charge < -0.3 is 25.5 Å². The molecule has 6 heterocycles. The third kappa shape index (κ3) is 5.40. The molecule has 1 saturated heterocycles. The van der Waals surface area contributed by atoms with Crippen molar-refractivity contribution < 1.29 is 19.4 Å². The van der Waals surface area contributed by atoms with E-state index >= 15 is 0 Å². The molecule has 0 unspecified atom stereocenters. The van der Waals surface area contributed by atoms with E-state index in [1.54, 1.807) is 42.9 Å². The van der Waals surface area contributed by atoms with Gasteiger partial charge in [0.25, 0.3) is 11.5 Å². The molecule has 20 heteroatoms. The molecule has 49 heavy (non-hydrogen) atoms. The van der Waals surface area contributed by atoms with Crippen LogP contribution in [0.3, 0.4) is 0 Å². The van der Waals surface area contributed by atoms with Crippen LogP contribution in [0.4, 0.5) is 11.8 Å². The first kappa shape index (κ1) is 31.7. The van der Waals surface area contributed by atoms with Gasteiger partial charge in [0.1, 0.15) is 33.6 Å². The number of nitrogens with two attached hydrogens (primary N) is 1. The number of imidazole rings is 2. The molecule has 1 aliphatic rings. The smallest absolute Gasteiger partial charge is 0.332 e. The summed E-state index contributed by atoms with van der Waals surface area (Å²) in [6.07, 6.45) is -1.08. The highest BCUT2D eigenvalue weighted by Gasteiger charge is 2.39. The van der Waals surface area contributed by atoms with E-state index in [-0.39, 0.29) is 41.7 Å². The van der Waals surface area contributed by atoms with Gasteiger partial charge in [0.2, 0.25) is 11.9 Å². The molecular formula is C29H29N13O6S. The number of carbonyl (C=O) groups excluding carboxylic acids is 2. The molecule has 0 bridgehead atoms. The van der Waals surface area contributed by atoms with E-state index in [0.717, 1.165) is 10.1 Å². The number of hydrogen-bond acceptors (Lipinski definition) is 14. The molecule has 3 atom stereocenters. The Hall–Kier alpha value is -5.86. The summed E-state index contributed by atoms with van der Waals surface area (Å²) in [7, 11) is 6.18. The van der Waals surface area contributed by atoms with Crippen LogP contribution >= 0.6 is 11.3 Å². The maximum absolute atomic E-state index is 13.2. The fraction of sp³-hybridized carbons (Fsp3) is 0.310. The van der Waals surface area contributed by atoms with E-state index in [1.807, 2.05) is 0 Å². The van der Waals surface area contributed by atoms with Gasteiger partial charge in [0.15, 0.2) is 28.9 Å². The van der Waals surface area contributed by atoms with Crippen molar-refractivity contribution in [2.75, 3.05) is 18.1 Å². The Bertz CT molecular complexity index is 2410. The number of aryl methyl sites for hydroxylation is 2. The summed E-state index contributed by atoms with van der Waals surface area (Å²) >= 11 is 1.33. The van der Waals surface area contributed by atoms with E-state index in [0.29, 0.717) is 32.6 Å². The lowest BCUT2D eigenvalue weighted by Crippen LogP contribution is -2.37. The summed E-state index contributed by atoms with van der Waals surface area (Å²) < 4.78 is 11.2. The molecule has 0 aliphatic carbocycles. The van der Waals surface area contributed by atoms with Crippen LogP contribution < -0.4 is 27.6 Å². The van der Waals surface area contributed by atoms with Gasteiger partial charge in [0, 0.05) is 45.7 Å². The summed E-state index contributed by atoms with van der Waals surface area (Å²) in [5, 5.41) is 25.5. The summed E-state index contributed by atoms with van der Waals surface area (Å²) in [6, 6.07) is 6.68. The average Bonchev–Trinajstić information content (AvgIpc) is 3.89. The molecule has 5 N–H and O–H groups in total. The molecule has 1 aliphatic heterocycles. The van der Waals surface area contributed by atoms with Crippen molar-refractivity contribution >= 4 is 57.2 Å². The zero-order valence-electron chi connectivity index (χ0n) is 26.5. The fourth-order valence-electron chi connectivity index (χ4n) is 5.65. The van der Waals surface area contributed by atoms with Crippen LogP contribution in [0.1, 0.15) is 33.8 Å². The SMILES string of the molecule is CNC(=O)[C@H]1C[C@@H](O)[C@H](n2cnc3c(N)nc(NC(=O)c4ccc(-c5nnc(Cc6nc7c(c(=O)n(C)c(=O)n7C)n6C)s5)cc4)nc32)O1. The van der Waals surface area contributed by atoms with Crippen molar-refractivity contribution in [3.63, 3.8) is 0 Å². The number of aliphatic hydroxyl groups is 1. The number of nitrogens with zero attached hydrogens (tertiary/aromatic N) is 10. The van der Waals surface area contributed by atoms with Gasteiger partial charge in [-0.2, -0.15) is 9.97 Å². The Balaban J connectivity index is 1.07. The van der Waals surface area contributed by atoms with E-state index < -0.39 is 35.6 Å². The molecule has 2 amide bonds. The second kappa shape index (κ2) is 12.0. The molecule has 252 valence electrons. The third-order valence-corrected chi connectivity index (χ3v) is 9.29. The predicted octanol–water partition coefficient (Wildman–Crippen LogP) is -0.551. The standard InChI is InChI=1S/C29H29N13O6S/c1-31-24(45)15-9-14(43)27(48-15)42-11-32-18-20(30)34-28(35-21(18)42)36-23(44)12-5-7-13(8-6-12)25-38-37-17(49-25)10-16-33-22-19(39(16)2)26(46)41(4)29(47)40(22)3/h5-8,11,14-15,27,43H,9-10H2,1-4H3,(H,31,45)(H3,30,34,35,36,44)/t14-,15-,27-/m1/s1.